The maximum absolute atomic E-state index is 12.3. The third kappa shape index (κ3) is 6.63. The fraction of sp³-hybridized carbons (Fsp3) is 0.211. The molecule has 2 rings (SSSR count). The number of hydrogen-bond acceptors (Lipinski definition) is 3. The molecule has 0 aliphatic rings. The molecule has 27 heavy (non-hydrogen) atoms. The van der Waals surface area contributed by atoms with E-state index < -0.39 is 12.1 Å². The molecule has 0 aliphatic heterocycles. The highest BCUT2D eigenvalue weighted by Crippen LogP contribution is 2.25. The first kappa shape index (κ1) is 20.3. The van der Waals surface area contributed by atoms with E-state index in [-0.39, 0.29) is 18.2 Å². The van der Waals surface area contributed by atoms with E-state index in [9.17, 15) is 14.4 Å². The summed E-state index contributed by atoms with van der Waals surface area (Å²) >= 11 is 6.16. The van der Waals surface area contributed by atoms with Crippen molar-refractivity contribution in [1.29, 1.82) is 0 Å². The summed E-state index contributed by atoms with van der Waals surface area (Å²) in [6.45, 7) is 1.74. The number of anilines is 1. The summed E-state index contributed by atoms with van der Waals surface area (Å²) in [5.41, 5.74) is 7.39. The van der Waals surface area contributed by atoms with Crippen LogP contribution in [0, 0.1) is 0 Å². The van der Waals surface area contributed by atoms with Gasteiger partial charge in [-0.15, -0.1) is 0 Å². The number of halogens is 1. The van der Waals surface area contributed by atoms with Crippen molar-refractivity contribution in [1.82, 2.24) is 10.6 Å². The van der Waals surface area contributed by atoms with Gasteiger partial charge in [0.1, 0.15) is 0 Å². The number of amides is 4. The topological polar surface area (TPSA) is 113 Å². The summed E-state index contributed by atoms with van der Waals surface area (Å²) in [7, 11) is 0. The number of urea groups is 1. The van der Waals surface area contributed by atoms with E-state index in [0.717, 1.165) is 5.56 Å². The van der Waals surface area contributed by atoms with Gasteiger partial charge in [-0.05, 0) is 29.3 Å². The van der Waals surface area contributed by atoms with Gasteiger partial charge in [0.05, 0.1) is 12.5 Å². The Morgan fingerprint density at radius 3 is 2.33 bits per heavy atom. The lowest BCUT2D eigenvalue weighted by molar-refractivity contribution is -0.121. The molecule has 0 aromatic heterocycles. The molecule has 0 aliphatic carbocycles. The molecule has 7 nitrogen and oxygen atoms in total. The predicted molar refractivity (Wildman–Crippen MR) is 104 cm³/mol. The van der Waals surface area contributed by atoms with Crippen molar-refractivity contribution < 1.29 is 14.4 Å². The minimum absolute atomic E-state index is 0.00332. The van der Waals surface area contributed by atoms with Gasteiger partial charge in [-0.25, -0.2) is 4.79 Å². The Morgan fingerprint density at radius 2 is 1.74 bits per heavy atom. The van der Waals surface area contributed by atoms with Gasteiger partial charge in [0, 0.05) is 24.2 Å². The minimum Gasteiger partial charge on any atom is -0.352 e. The molecule has 0 bridgehead atoms. The fourth-order valence-corrected chi connectivity index (χ4v) is 2.80. The van der Waals surface area contributed by atoms with E-state index >= 15 is 0 Å². The number of rotatable bonds is 7. The van der Waals surface area contributed by atoms with Crippen LogP contribution in [0.4, 0.5) is 10.5 Å². The van der Waals surface area contributed by atoms with Crippen molar-refractivity contribution in [3.8, 4) is 0 Å². The Bertz CT molecular complexity index is 824. The van der Waals surface area contributed by atoms with E-state index in [2.05, 4.69) is 16.0 Å². The average Bonchev–Trinajstić information content (AvgIpc) is 2.60. The summed E-state index contributed by atoms with van der Waals surface area (Å²) in [6.07, 6.45) is -0.00332. The molecule has 0 spiro atoms. The molecule has 0 heterocycles. The highest BCUT2D eigenvalue weighted by Gasteiger charge is 2.19. The van der Waals surface area contributed by atoms with E-state index in [1.807, 2.05) is 0 Å². The van der Waals surface area contributed by atoms with Crippen molar-refractivity contribution in [2.24, 2.45) is 5.73 Å². The number of benzene rings is 2. The number of primary amides is 1. The summed E-state index contributed by atoms with van der Waals surface area (Å²) in [6, 6.07) is 12.7. The van der Waals surface area contributed by atoms with Gasteiger partial charge in [0.25, 0.3) is 0 Å². The zero-order valence-electron chi connectivity index (χ0n) is 14.8. The van der Waals surface area contributed by atoms with Gasteiger partial charge in [-0.3, -0.25) is 9.59 Å². The van der Waals surface area contributed by atoms with Gasteiger partial charge in [-0.2, -0.15) is 0 Å². The predicted octanol–water partition coefficient (Wildman–Crippen LogP) is 2.71. The van der Waals surface area contributed by atoms with E-state index in [0.29, 0.717) is 22.8 Å². The third-order valence-corrected chi connectivity index (χ3v) is 4.09. The van der Waals surface area contributed by atoms with E-state index in [1.54, 1.807) is 48.5 Å². The Balaban J connectivity index is 1.96. The first-order valence-corrected chi connectivity index (χ1v) is 8.66. The normalized spacial score (nSPS) is 11.3. The van der Waals surface area contributed by atoms with Crippen LogP contribution in [0.25, 0.3) is 0 Å². The lowest BCUT2D eigenvalue weighted by Crippen LogP contribution is -2.36. The van der Waals surface area contributed by atoms with Crippen LogP contribution < -0.4 is 21.7 Å². The van der Waals surface area contributed by atoms with Gasteiger partial charge in [0.2, 0.25) is 11.8 Å². The SMILES string of the molecule is CC(=O)Nc1ccc(CNC(=O)CC(NC(N)=O)c2ccccc2Cl)cc1. The molecule has 2 aromatic rings. The van der Waals surface area contributed by atoms with Crippen molar-refractivity contribution in [3.05, 3.63) is 64.7 Å². The molecule has 0 fully saturated rings. The second-order valence-corrected chi connectivity index (χ2v) is 6.35. The Kier molecular flexibility index (Phi) is 7.19. The minimum atomic E-state index is -0.735. The molecule has 142 valence electrons. The Hall–Kier alpha value is -3.06. The number of nitrogens with two attached hydrogens (primary N) is 1. The molecule has 5 N–H and O–H groups in total. The number of hydrogen-bond donors (Lipinski definition) is 4. The van der Waals surface area contributed by atoms with E-state index in [1.165, 1.54) is 6.92 Å². The Labute approximate surface area is 162 Å². The largest absolute Gasteiger partial charge is 0.352 e. The van der Waals surface area contributed by atoms with Gasteiger partial charge in [-0.1, -0.05) is 41.9 Å². The molecular weight excluding hydrogens is 368 g/mol. The van der Waals surface area contributed by atoms with Crippen LogP contribution in [-0.2, 0) is 16.1 Å². The molecule has 1 atom stereocenters. The smallest absolute Gasteiger partial charge is 0.312 e. The Morgan fingerprint density at radius 1 is 1.07 bits per heavy atom. The molecule has 2 aromatic carbocycles. The number of carbonyl (C=O) groups is 3. The summed E-state index contributed by atoms with van der Waals surface area (Å²) in [5.74, 6) is -0.414. The number of carbonyl (C=O) groups excluding carboxylic acids is 3. The third-order valence-electron chi connectivity index (χ3n) is 3.75. The highest BCUT2D eigenvalue weighted by atomic mass is 35.5. The van der Waals surface area contributed by atoms with Crippen LogP contribution in [0.1, 0.15) is 30.5 Å². The highest BCUT2D eigenvalue weighted by molar-refractivity contribution is 6.31. The van der Waals surface area contributed by atoms with Crippen LogP contribution in [0.3, 0.4) is 0 Å². The lowest BCUT2D eigenvalue weighted by atomic mass is 10.0. The lowest BCUT2D eigenvalue weighted by Gasteiger charge is -2.19. The first-order chi connectivity index (χ1) is 12.8. The van der Waals surface area contributed by atoms with Gasteiger partial charge in [0.15, 0.2) is 0 Å². The second-order valence-electron chi connectivity index (χ2n) is 5.94. The van der Waals surface area contributed by atoms with Crippen LogP contribution in [0.2, 0.25) is 5.02 Å². The van der Waals surface area contributed by atoms with Crippen molar-refractivity contribution in [2.45, 2.75) is 25.9 Å². The summed E-state index contributed by atoms with van der Waals surface area (Å²) < 4.78 is 0. The van der Waals surface area contributed by atoms with Crippen LogP contribution >= 0.6 is 11.6 Å². The maximum Gasteiger partial charge on any atom is 0.312 e. The van der Waals surface area contributed by atoms with Crippen LogP contribution in [0.5, 0.6) is 0 Å². The zero-order chi connectivity index (χ0) is 19.8. The first-order valence-electron chi connectivity index (χ1n) is 8.29. The van der Waals surface area contributed by atoms with Crippen molar-refractivity contribution in [3.63, 3.8) is 0 Å². The molecule has 0 saturated heterocycles. The van der Waals surface area contributed by atoms with Crippen LogP contribution in [0.15, 0.2) is 48.5 Å². The number of nitrogens with one attached hydrogen (secondary N) is 3. The quantitative estimate of drug-likeness (QED) is 0.584. The van der Waals surface area contributed by atoms with Crippen molar-refractivity contribution >= 4 is 35.1 Å². The molecule has 8 heteroatoms. The summed E-state index contributed by atoms with van der Waals surface area (Å²) in [5, 5.41) is 8.45. The van der Waals surface area contributed by atoms with E-state index in [4.69, 9.17) is 17.3 Å². The van der Waals surface area contributed by atoms with Gasteiger partial charge >= 0.3 is 6.03 Å². The van der Waals surface area contributed by atoms with Crippen molar-refractivity contribution in [2.75, 3.05) is 5.32 Å². The van der Waals surface area contributed by atoms with Crippen LogP contribution in [-0.4, -0.2) is 17.8 Å². The zero-order valence-corrected chi connectivity index (χ0v) is 15.5. The molecule has 4 amide bonds. The maximum atomic E-state index is 12.3. The second kappa shape index (κ2) is 9.59. The average molecular weight is 389 g/mol. The fourth-order valence-electron chi connectivity index (χ4n) is 2.54. The van der Waals surface area contributed by atoms with Gasteiger partial charge < -0.3 is 21.7 Å². The molecule has 0 radical (unpaired) electrons. The summed E-state index contributed by atoms with van der Waals surface area (Å²) in [4.78, 5) is 34.6. The standard InChI is InChI=1S/C19H21ClN4O3/c1-12(25)23-14-8-6-13(7-9-14)11-22-18(26)10-17(24-19(21)27)15-4-2-3-5-16(15)20/h2-9,17H,10-11H2,1H3,(H,22,26)(H,23,25)(H3,21,24,27). The molecule has 1 unspecified atom stereocenters. The monoisotopic (exact) mass is 388 g/mol. The molecular formula is C19H21ClN4O3. The molecule has 0 saturated carbocycles.